The van der Waals surface area contributed by atoms with Crippen LogP contribution in [0.25, 0.3) is 0 Å². The minimum Gasteiger partial charge on any atom is -0.488 e. The maximum atomic E-state index is 5.46. The Balaban J connectivity index is 2.41. The minimum atomic E-state index is 0.479. The van der Waals surface area contributed by atoms with Gasteiger partial charge in [0, 0.05) is 12.6 Å². The van der Waals surface area contributed by atoms with E-state index in [1.807, 2.05) is 31.2 Å². The number of pyridine rings is 1. The molecule has 0 atom stereocenters. The summed E-state index contributed by atoms with van der Waals surface area (Å²) in [5, 5.41) is 3.32. The fourth-order valence-corrected chi connectivity index (χ4v) is 1.15. The van der Waals surface area contributed by atoms with Gasteiger partial charge in [-0.25, -0.2) is 0 Å². The molecule has 0 fully saturated rings. The molecule has 0 aliphatic rings. The van der Waals surface area contributed by atoms with E-state index in [0.717, 1.165) is 18.0 Å². The first-order chi connectivity index (χ1) is 7.72. The van der Waals surface area contributed by atoms with Crippen molar-refractivity contribution in [2.24, 2.45) is 0 Å². The summed E-state index contributed by atoms with van der Waals surface area (Å²) < 4.78 is 5.46. The van der Waals surface area contributed by atoms with E-state index in [-0.39, 0.29) is 0 Å². The number of ether oxygens (including phenoxy) is 1. The highest BCUT2D eigenvalue weighted by Gasteiger charge is 1.97. The molecule has 88 valence electrons. The first-order valence-electron chi connectivity index (χ1n) is 5.64. The zero-order valence-electron chi connectivity index (χ0n) is 10.2. The predicted molar refractivity (Wildman–Crippen MR) is 66.5 cm³/mol. The van der Waals surface area contributed by atoms with Crippen molar-refractivity contribution in [2.75, 3.05) is 6.61 Å². The van der Waals surface area contributed by atoms with Crippen molar-refractivity contribution >= 4 is 0 Å². The summed E-state index contributed by atoms with van der Waals surface area (Å²) in [6.45, 7) is 7.61. The van der Waals surface area contributed by atoms with Crippen LogP contribution in [-0.4, -0.2) is 17.6 Å². The van der Waals surface area contributed by atoms with Crippen molar-refractivity contribution in [3.8, 4) is 5.75 Å². The average molecular weight is 220 g/mol. The molecule has 3 nitrogen and oxygen atoms in total. The van der Waals surface area contributed by atoms with Gasteiger partial charge in [0.1, 0.15) is 12.4 Å². The average Bonchev–Trinajstić information content (AvgIpc) is 2.28. The number of allylic oxidation sites excluding steroid dienone is 1. The number of nitrogens with one attached hydrogen (secondary N) is 1. The van der Waals surface area contributed by atoms with Crippen LogP contribution in [-0.2, 0) is 6.54 Å². The molecule has 0 saturated carbocycles. The summed E-state index contributed by atoms with van der Waals surface area (Å²) >= 11 is 0. The lowest BCUT2D eigenvalue weighted by Crippen LogP contribution is -2.22. The third-order valence-corrected chi connectivity index (χ3v) is 2.07. The maximum absolute atomic E-state index is 5.46. The van der Waals surface area contributed by atoms with Gasteiger partial charge in [0.05, 0.1) is 11.9 Å². The molecule has 0 aliphatic heterocycles. The molecule has 1 aromatic rings. The zero-order valence-corrected chi connectivity index (χ0v) is 10.2. The summed E-state index contributed by atoms with van der Waals surface area (Å²) in [5.41, 5.74) is 1.03. The Hall–Kier alpha value is -1.35. The van der Waals surface area contributed by atoms with Gasteiger partial charge in [-0.15, -0.1) is 0 Å². The van der Waals surface area contributed by atoms with Crippen LogP contribution in [0.2, 0.25) is 0 Å². The Morgan fingerprint density at radius 1 is 1.44 bits per heavy atom. The van der Waals surface area contributed by atoms with Crippen LogP contribution in [0.4, 0.5) is 0 Å². The van der Waals surface area contributed by atoms with Gasteiger partial charge in [-0.1, -0.05) is 26.0 Å². The summed E-state index contributed by atoms with van der Waals surface area (Å²) in [6, 6.07) is 4.42. The number of aromatic nitrogens is 1. The monoisotopic (exact) mass is 220 g/mol. The Bertz CT molecular complexity index is 317. The molecule has 0 saturated heterocycles. The lowest BCUT2D eigenvalue weighted by atomic mass is 10.3. The van der Waals surface area contributed by atoms with Crippen LogP contribution >= 0.6 is 0 Å². The minimum absolute atomic E-state index is 0.479. The van der Waals surface area contributed by atoms with E-state index < -0.39 is 0 Å². The molecular weight excluding hydrogens is 200 g/mol. The standard InChI is InChI=1S/C13H20N2O/c1-4-5-8-16-13-7-6-12(15-10-13)9-14-11(2)3/h4-7,10-11,14H,8-9H2,1-3H3. The van der Waals surface area contributed by atoms with Crippen molar-refractivity contribution in [1.82, 2.24) is 10.3 Å². The molecule has 3 heteroatoms. The molecule has 1 N–H and O–H groups in total. The summed E-state index contributed by atoms with van der Waals surface area (Å²) in [6.07, 6.45) is 5.70. The molecule has 0 radical (unpaired) electrons. The summed E-state index contributed by atoms with van der Waals surface area (Å²) in [7, 11) is 0. The van der Waals surface area contributed by atoms with Crippen molar-refractivity contribution < 1.29 is 4.74 Å². The third-order valence-electron chi connectivity index (χ3n) is 2.07. The topological polar surface area (TPSA) is 34.1 Å². The number of hydrogen-bond acceptors (Lipinski definition) is 3. The Labute approximate surface area is 97.5 Å². The highest BCUT2D eigenvalue weighted by Crippen LogP contribution is 2.09. The predicted octanol–water partition coefficient (Wildman–Crippen LogP) is 2.53. The Morgan fingerprint density at radius 2 is 2.25 bits per heavy atom. The fourth-order valence-electron chi connectivity index (χ4n) is 1.15. The molecule has 16 heavy (non-hydrogen) atoms. The highest BCUT2D eigenvalue weighted by molar-refractivity contribution is 5.20. The SMILES string of the molecule is CC=CCOc1ccc(CNC(C)C)nc1. The second-order valence-electron chi connectivity index (χ2n) is 3.90. The molecule has 1 rings (SSSR count). The smallest absolute Gasteiger partial charge is 0.138 e. The van der Waals surface area contributed by atoms with Crippen molar-refractivity contribution in [3.05, 3.63) is 36.2 Å². The van der Waals surface area contributed by atoms with Gasteiger partial charge in [0.25, 0.3) is 0 Å². The van der Waals surface area contributed by atoms with E-state index in [9.17, 15) is 0 Å². The molecular formula is C13H20N2O. The largest absolute Gasteiger partial charge is 0.488 e. The molecule has 0 unspecified atom stereocenters. The highest BCUT2D eigenvalue weighted by atomic mass is 16.5. The Morgan fingerprint density at radius 3 is 2.81 bits per heavy atom. The van der Waals surface area contributed by atoms with E-state index in [0.29, 0.717) is 12.6 Å². The van der Waals surface area contributed by atoms with Crippen LogP contribution in [0, 0.1) is 0 Å². The number of hydrogen-bond donors (Lipinski definition) is 1. The second kappa shape index (κ2) is 7.01. The van der Waals surface area contributed by atoms with E-state index >= 15 is 0 Å². The zero-order chi connectivity index (χ0) is 11.8. The summed E-state index contributed by atoms with van der Waals surface area (Å²) in [4.78, 5) is 4.32. The van der Waals surface area contributed by atoms with E-state index in [1.54, 1.807) is 6.20 Å². The summed E-state index contributed by atoms with van der Waals surface area (Å²) in [5.74, 6) is 0.811. The van der Waals surface area contributed by atoms with Crippen LogP contribution < -0.4 is 10.1 Å². The van der Waals surface area contributed by atoms with E-state index in [2.05, 4.69) is 24.1 Å². The van der Waals surface area contributed by atoms with Crippen molar-refractivity contribution in [1.29, 1.82) is 0 Å². The Kier molecular flexibility index (Phi) is 5.57. The quantitative estimate of drug-likeness (QED) is 0.748. The molecule has 1 heterocycles. The molecule has 1 aromatic heterocycles. The molecule has 0 spiro atoms. The lowest BCUT2D eigenvalue weighted by Gasteiger charge is -2.08. The van der Waals surface area contributed by atoms with Gasteiger partial charge in [-0.05, 0) is 19.1 Å². The van der Waals surface area contributed by atoms with Crippen LogP contribution in [0.1, 0.15) is 26.5 Å². The van der Waals surface area contributed by atoms with Crippen LogP contribution in [0.15, 0.2) is 30.5 Å². The van der Waals surface area contributed by atoms with Gasteiger partial charge in [0.2, 0.25) is 0 Å². The number of rotatable bonds is 6. The maximum Gasteiger partial charge on any atom is 0.138 e. The number of nitrogens with zero attached hydrogens (tertiary/aromatic N) is 1. The van der Waals surface area contributed by atoms with Gasteiger partial charge >= 0.3 is 0 Å². The first-order valence-corrected chi connectivity index (χ1v) is 5.64. The van der Waals surface area contributed by atoms with Crippen molar-refractivity contribution in [2.45, 2.75) is 33.4 Å². The lowest BCUT2D eigenvalue weighted by molar-refractivity contribution is 0.361. The molecule has 0 bridgehead atoms. The first kappa shape index (κ1) is 12.7. The van der Waals surface area contributed by atoms with Crippen LogP contribution in [0.5, 0.6) is 5.75 Å². The van der Waals surface area contributed by atoms with E-state index in [1.165, 1.54) is 0 Å². The van der Waals surface area contributed by atoms with E-state index in [4.69, 9.17) is 4.74 Å². The normalized spacial score (nSPS) is 11.2. The molecule has 0 aromatic carbocycles. The van der Waals surface area contributed by atoms with Gasteiger partial charge in [-0.3, -0.25) is 4.98 Å². The third kappa shape index (κ3) is 4.94. The second-order valence-corrected chi connectivity index (χ2v) is 3.90. The van der Waals surface area contributed by atoms with Crippen LogP contribution in [0.3, 0.4) is 0 Å². The van der Waals surface area contributed by atoms with Crippen molar-refractivity contribution in [3.63, 3.8) is 0 Å². The van der Waals surface area contributed by atoms with Gasteiger partial charge < -0.3 is 10.1 Å². The molecule has 0 amide bonds. The van der Waals surface area contributed by atoms with Gasteiger partial charge in [0.15, 0.2) is 0 Å². The van der Waals surface area contributed by atoms with Gasteiger partial charge in [-0.2, -0.15) is 0 Å². The fraction of sp³-hybridized carbons (Fsp3) is 0.462. The molecule has 0 aliphatic carbocycles.